The van der Waals surface area contributed by atoms with E-state index in [2.05, 4.69) is 26.2 Å². The van der Waals surface area contributed by atoms with Gasteiger partial charge in [0.2, 0.25) is 0 Å². The Morgan fingerprint density at radius 1 is 1.30 bits per heavy atom. The van der Waals surface area contributed by atoms with Crippen LogP contribution in [0.25, 0.3) is 0 Å². The Labute approximate surface area is 123 Å². The number of aromatic nitrogens is 1. The van der Waals surface area contributed by atoms with Crippen LogP contribution in [0.15, 0.2) is 41.0 Å². The van der Waals surface area contributed by atoms with E-state index >= 15 is 0 Å². The van der Waals surface area contributed by atoms with Crippen LogP contribution in [0.5, 0.6) is 0 Å². The number of carboxylic acid groups (broad SMARTS) is 1. The molecule has 2 aromatic rings. The van der Waals surface area contributed by atoms with Crippen LogP contribution in [-0.4, -0.2) is 22.0 Å². The lowest BCUT2D eigenvalue weighted by molar-refractivity contribution is 0.0696. The zero-order valence-electron chi connectivity index (χ0n) is 10.6. The van der Waals surface area contributed by atoms with Crippen LogP contribution in [-0.2, 0) is 0 Å². The summed E-state index contributed by atoms with van der Waals surface area (Å²) in [6.07, 6.45) is 1.34. The Kier molecular flexibility index (Phi) is 4.14. The normalized spacial score (nSPS) is 10.1. The van der Waals surface area contributed by atoms with Crippen LogP contribution in [0.2, 0.25) is 0 Å². The minimum Gasteiger partial charge on any atom is -0.478 e. The maximum Gasteiger partial charge on any atom is 0.335 e. The van der Waals surface area contributed by atoms with Crippen LogP contribution < -0.4 is 5.32 Å². The van der Waals surface area contributed by atoms with Gasteiger partial charge in [0, 0.05) is 10.7 Å². The lowest BCUT2D eigenvalue weighted by Gasteiger charge is -2.08. The highest BCUT2D eigenvalue weighted by molar-refractivity contribution is 9.10. The average molecular weight is 335 g/mol. The van der Waals surface area contributed by atoms with Crippen molar-refractivity contribution >= 4 is 33.6 Å². The van der Waals surface area contributed by atoms with Gasteiger partial charge in [-0.1, -0.05) is 12.1 Å². The van der Waals surface area contributed by atoms with Crippen molar-refractivity contribution in [3.63, 3.8) is 0 Å². The minimum atomic E-state index is -1.07. The number of hydrogen-bond donors (Lipinski definition) is 2. The van der Waals surface area contributed by atoms with Crippen molar-refractivity contribution in [2.24, 2.45) is 0 Å². The molecule has 0 bridgehead atoms. The first-order valence-electron chi connectivity index (χ1n) is 5.75. The molecule has 0 spiro atoms. The standard InChI is InChI=1S/C14H11BrN2O3/c1-8-3-2-4-10(12(8)15)13(18)17-11-7-9(14(19)20)5-6-16-11/h2-7H,1H3,(H,19,20)(H,16,17,18). The molecule has 1 amide bonds. The number of halogens is 1. The summed E-state index contributed by atoms with van der Waals surface area (Å²) in [4.78, 5) is 26.9. The third kappa shape index (κ3) is 3.03. The van der Waals surface area contributed by atoms with Crippen molar-refractivity contribution in [3.05, 3.63) is 57.7 Å². The van der Waals surface area contributed by atoms with Crippen LogP contribution >= 0.6 is 15.9 Å². The lowest BCUT2D eigenvalue weighted by Crippen LogP contribution is -2.14. The van der Waals surface area contributed by atoms with Crippen molar-refractivity contribution in [2.75, 3.05) is 5.32 Å². The van der Waals surface area contributed by atoms with Gasteiger partial charge in [-0.05, 0) is 46.6 Å². The fourth-order valence-corrected chi connectivity index (χ4v) is 2.08. The maximum absolute atomic E-state index is 12.1. The summed E-state index contributed by atoms with van der Waals surface area (Å²) in [7, 11) is 0. The summed E-state index contributed by atoms with van der Waals surface area (Å²) >= 11 is 3.36. The molecule has 6 heteroatoms. The van der Waals surface area contributed by atoms with E-state index in [0.29, 0.717) is 10.0 Å². The number of benzene rings is 1. The number of aromatic carboxylic acids is 1. The first kappa shape index (κ1) is 14.2. The number of anilines is 1. The van der Waals surface area contributed by atoms with Crippen LogP contribution in [0.4, 0.5) is 5.82 Å². The SMILES string of the molecule is Cc1cccc(C(=O)Nc2cc(C(=O)O)ccn2)c1Br. The number of rotatable bonds is 3. The molecule has 0 aliphatic carbocycles. The van der Waals surface area contributed by atoms with E-state index in [4.69, 9.17) is 5.11 Å². The molecule has 0 fully saturated rings. The van der Waals surface area contributed by atoms with Gasteiger partial charge in [0.1, 0.15) is 5.82 Å². The number of carboxylic acids is 1. The van der Waals surface area contributed by atoms with E-state index in [1.165, 1.54) is 18.3 Å². The highest BCUT2D eigenvalue weighted by atomic mass is 79.9. The first-order valence-corrected chi connectivity index (χ1v) is 6.54. The fraction of sp³-hybridized carbons (Fsp3) is 0.0714. The van der Waals surface area contributed by atoms with Crippen LogP contribution in [0.3, 0.4) is 0 Å². The Morgan fingerprint density at radius 2 is 2.05 bits per heavy atom. The Bertz CT molecular complexity index is 686. The van der Waals surface area contributed by atoms with Crippen molar-refractivity contribution < 1.29 is 14.7 Å². The number of aryl methyl sites for hydroxylation is 1. The summed E-state index contributed by atoms with van der Waals surface area (Å²) < 4.78 is 0.701. The molecule has 0 saturated heterocycles. The zero-order chi connectivity index (χ0) is 14.7. The molecule has 0 atom stereocenters. The molecular weight excluding hydrogens is 324 g/mol. The monoisotopic (exact) mass is 334 g/mol. The molecule has 0 aliphatic rings. The zero-order valence-corrected chi connectivity index (χ0v) is 12.1. The number of nitrogens with one attached hydrogen (secondary N) is 1. The summed E-state index contributed by atoms with van der Waals surface area (Å²) in [5.41, 5.74) is 1.47. The molecule has 20 heavy (non-hydrogen) atoms. The second-order valence-electron chi connectivity index (χ2n) is 4.13. The van der Waals surface area contributed by atoms with Crippen molar-refractivity contribution in [1.29, 1.82) is 0 Å². The highest BCUT2D eigenvalue weighted by Crippen LogP contribution is 2.22. The third-order valence-electron chi connectivity index (χ3n) is 2.68. The Hall–Kier alpha value is -2.21. The smallest absolute Gasteiger partial charge is 0.335 e. The van der Waals surface area contributed by atoms with Gasteiger partial charge in [-0.25, -0.2) is 9.78 Å². The quantitative estimate of drug-likeness (QED) is 0.903. The second-order valence-corrected chi connectivity index (χ2v) is 4.92. The van der Waals surface area contributed by atoms with E-state index in [1.54, 1.807) is 12.1 Å². The van der Waals surface area contributed by atoms with E-state index < -0.39 is 5.97 Å². The second kappa shape index (κ2) is 5.83. The van der Waals surface area contributed by atoms with E-state index in [1.807, 2.05) is 13.0 Å². The number of pyridine rings is 1. The molecule has 2 rings (SSSR count). The van der Waals surface area contributed by atoms with Gasteiger partial charge in [0.15, 0.2) is 0 Å². The fourth-order valence-electron chi connectivity index (χ4n) is 1.64. The van der Waals surface area contributed by atoms with Crippen molar-refractivity contribution in [1.82, 2.24) is 4.98 Å². The maximum atomic E-state index is 12.1. The molecule has 0 unspecified atom stereocenters. The molecule has 2 N–H and O–H groups in total. The van der Waals surface area contributed by atoms with Crippen molar-refractivity contribution in [3.8, 4) is 0 Å². The highest BCUT2D eigenvalue weighted by Gasteiger charge is 2.13. The number of carbonyl (C=O) groups is 2. The summed E-state index contributed by atoms with van der Waals surface area (Å²) in [6, 6.07) is 8.00. The van der Waals surface area contributed by atoms with Crippen LogP contribution in [0, 0.1) is 6.92 Å². The van der Waals surface area contributed by atoms with Gasteiger partial charge in [-0.2, -0.15) is 0 Å². The predicted octanol–water partition coefficient (Wildman–Crippen LogP) is 3.10. The average Bonchev–Trinajstić information content (AvgIpc) is 2.42. The summed E-state index contributed by atoms with van der Waals surface area (Å²) in [5, 5.41) is 11.5. The molecule has 0 aliphatic heterocycles. The van der Waals surface area contributed by atoms with Gasteiger partial charge in [-0.3, -0.25) is 4.79 Å². The molecule has 102 valence electrons. The van der Waals surface area contributed by atoms with Gasteiger partial charge < -0.3 is 10.4 Å². The largest absolute Gasteiger partial charge is 0.478 e. The molecule has 0 saturated carbocycles. The molecule has 1 aromatic heterocycles. The first-order chi connectivity index (χ1) is 9.49. The van der Waals surface area contributed by atoms with E-state index in [9.17, 15) is 9.59 Å². The number of hydrogen-bond acceptors (Lipinski definition) is 3. The summed E-state index contributed by atoms with van der Waals surface area (Å²) in [5.74, 6) is -1.22. The number of nitrogens with zero attached hydrogens (tertiary/aromatic N) is 1. The number of amides is 1. The van der Waals surface area contributed by atoms with Gasteiger partial charge in [-0.15, -0.1) is 0 Å². The molecule has 0 radical (unpaired) electrons. The van der Waals surface area contributed by atoms with Crippen molar-refractivity contribution in [2.45, 2.75) is 6.92 Å². The molecule has 1 aromatic carbocycles. The third-order valence-corrected chi connectivity index (χ3v) is 3.74. The van der Waals surface area contributed by atoms with Crippen LogP contribution in [0.1, 0.15) is 26.3 Å². The molecule has 1 heterocycles. The Balaban J connectivity index is 2.26. The minimum absolute atomic E-state index is 0.0682. The van der Waals surface area contributed by atoms with E-state index in [0.717, 1.165) is 5.56 Å². The van der Waals surface area contributed by atoms with Gasteiger partial charge in [0.05, 0.1) is 11.1 Å². The van der Waals surface area contributed by atoms with Gasteiger partial charge in [0.25, 0.3) is 5.91 Å². The predicted molar refractivity (Wildman–Crippen MR) is 78.0 cm³/mol. The van der Waals surface area contributed by atoms with Gasteiger partial charge >= 0.3 is 5.97 Å². The molecular formula is C14H11BrN2O3. The van der Waals surface area contributed by atoms with E-state index in [-0.39, 0.29) is 17.3 Å². The Morgan fingerprint density at radius 3 is 2.75 bits per heavy atom. The topological polar surface area (TPSA) is 79.3 Å². The molecule has 5 nitrogen and oxygen atoms in total. The number of carbonyl (C=O) groups excluding carboxylic acids is 1. The summed E-state index contributed by atoms with van der Waals surface area (Å²) in [6.45, 7) is 1.88. The lowest BCUT2D eigenvalue weighted by atomic mass is 10.1.